The lowest BCUT2D eigenvalue weighted by atomic mass is 10.0. The van der Waals surface area contributed by atoms with Crippen molar-refractivity contribution in [3.63, 3.8) is 0 Å². The van der Waals surface area contributed by atoms with Gasteiger partial charge in [0, 0.05) is 23.3 Å². The van der Waals surface area contributed by atoms with E-state index in [4.69, 9.17) is 0 Å². The summed E-state index contributed by atoms with van der Waals surface area (Å²) in [7, 11) is 0. The average Bonchev–Trinajstić information content (AvgIpc) is 2.58. The van der Waals surface area contributed by atoms with Gasteiger partial charge in [-0.3, -0.25) is 4.98 Å². The standard InChI is InChI=1S/C12H18N2O2/c1-12(2)4-3-10(14-12)11(16)8-5-9(15)7-13-6-8/h5-7,10-11,14-16H,3-4H2,1-2H3/t10-,11-/m1/s1. The molecule has 0 radical (unpaired) electrons. The molecule has 1 aliphatic rings. The normalized spacial score (nSPS) is 25.6. The van der Waals surface area contributed by atoms with Crippen LogP contribution in [-0.4, -0.2) is 26.8 Å². The first-order valence-electron chi connectivity index (χ1n) is 5.58. The van der Waals surface area contributed by atoms with E-state index < -0.39 is 6.10 Å². The number of nitrogens with one attached hydrogen (secondary N) is 1. The highest BCUT2D eigenvalue weighted by molar-refractivity contribution is 5.25. The first-order valence-corrected chi connectivity index (χ1v) is 5.58. The van der Waals surface area contributed by atoms with E-state index in [9.17, 15) is 10.2 Å². The molecule has 1 aliphatic heterocycles. The number of aromatic nitrogens is 1. The number of aliphatic hydroxyl groups excluding tert-OH is 1. The minimum Gasteiger partial charge on any atom is -0.506 e. The van der Waals surface area contributed by atoms with Gasteiger partial charge in [-0.2, -0.15) is 0 Å². The van der Waals surface area contributed by atoms with Crippen molar-refractivity contribution in [3.8, 4) is 5.75 Å². The van der Waals surface area contributed by atoms with Crippen molar-refractivity contribution in [3.05, 3.63) is 24.0 Å². The van der Waals surface area contributed by atoms with Crippen LogP contribution < -0.4 is 5.32 Å². The van der Waals surface area contributed by atoms with Crippen LogP contribution in [0.4, 0.5) is 0 Å². The fourth-order valence-electron chi connectivity index (χ4n) is 2.24. The van der Waals surface area contributed by atoms with Crippen molar-refractivity contribution >= 4 is 0 Å². The molecule has 2 rings (SSSR count). The lowest BCUT2D eigenvalue weighted by Crippen LogP contribution is -2.40. The third kappa shape index (κ3) is 2.33. The number of hydrogen-bond acceptors (Lipinski definition) is 4. The smallest absolute Gasteiger partial charge is 0.134 e. The molecule has 1 aromatic heterocycles. The molecule has 0 unspecified atom stereocenters. The summed E-state index contributed by atoms with van der Waals surface area (Å²) < 4.78 is 0. The molecule has 1 aromatic rings. The van der Waals surface area contributed by atoms with Gasteiger partial charge in [-0.25, -0.2) is 0 Å². The zero-order valence-corrected chi connectivity index (χ0v) is 9.64. The molecule has 0 aliphatic carbocycles. The Morgan fingerprint density at radius 1 is 1.50 bits per heavy atom. The molecule has 0 bridgehead atoms. The van der Waals surface area contributed by atoms with Crippen LogP contribution in [0.1, 0.15) is 38.4 Å². The Hall–Kier alpha value is -1.13. The third-order valence-corrected chi connectivity index (χ3v) is 3.12. The summed E-state index contributed by atoms with van der Waals surface area (Å²) in [5, 5.41) is 22.9. The Morgan fingerprint density at radius 3 is 2.81 bits per heavy atom. The maximum absolute atomic E-state index is 10.2. The number of rotatable bonds is 2. The van der Waals surface area contributed by atoms with Crippen molar-refractivity contribution in [2.75, 3.05) is 0 Å². The number of aromatic hydroxyl groups is 1. The summed E-state index contributed by atoms with van der Waals surface area (Å²) in [6, 6.07) is 1.60. The van der Waals surface area contributed by atoms with Crippen molar-refractivity contribution in [2.24, 2.45) is 0 Å². The third-order valence-electron chi connectivity index (χ3n) is 3.12. The molecule has 0 spiro atoms. The largest absolute Gasteiger partial charge is 0.506 e. The van der Waals surface area contributed by atoms with E-state index in [0.717, 1.165) is 12.8 Å². The van der Waals surface area contributed by atoms with Gasteiger partial charge in [0.2, 0.25) is 0 Å². The lowest BCUT2D eigenvalue weighted by molar-refractivity contribution is 0.131. The van der Waals surface area contributed by atoms with Crippen molar-refractivity contribution in [1.82, 2.24) is 10.3 Å². The summed E-state index contributed by atoms with van der Waals surface area (Å²) >= 11 is 0. The molecule has 2 heterocycles. The average molecular weight is 222 g/mol. The van der Waals surface area contributed by atoms with Crippen LogP contribution in [0.3, 0.4) is 0 Å². The van der Waals surface area contributed by atoms with E-state index in [1.54, 1.807) is 12.3 Å². The first-order chi connectivity index (χ1) is 7.48. The van der Waals surface area contributed by atoms with Gasteiger partial charge >= 0.3 is 0 Å². The molecule has 0 aromatic carbocycles. The van der Waals surface area contributed by atoms with Crippen LogP contribution in [0.25, 0.3) is 0 Å². The van der Waals surface area contributed by atoms with Gasteiger partial charge < -0.3 is 15.5 Å². The summed E-state index contributed by atoms with van der Waals surface area (Å²) in [4.78, 5) is 3.88. The quantitative estimate of drug-likeness (QED) is 0.706. The van der Waals surface area contributed by atoms with Crippen LogP contribution in [-0.2, 0) is 0 Å². The molecule has 2 atom stereocenters. The molecule has 4 heteroatoms. The van der Waals surface area contributed by atoms with E-state index >= 15 is 0 Å². The number of hydrogen-bond donors (Lipinski definition) is 3. The first kappa shape index (κ1) is 11.4. The molecule has 3 N–H and O–H groups in total. The molecule has 16 heavy (non-hydrogen) atoms. The Labute approximate surface area is 95.3 Å². The number of nitrogens with zero attached hydrogens (tertiary/aromatic N) is 1. The predicted molar refractivity (Wildman–Crippen MR) is 61.1 cm³/mol. The second-order valence-electron chi connectivity index (χ2n) is 5.09. The zero-order chi connectivity index (χ0) is 11.8. The molecule has 1 fully saturated rings. The maximum Gasteiger partial charge on any atom is 0.134 e. The molecule has 4 nitrogen and oxygen atoms in total. The Morgan fingerprint density at radius 2 is 2.25 bits per heavy atom. The van der Waals surface area contributed by atoms with E-state index in [1.165, 1.54) is 6.20 Å². The van der Waals surface area contributed by atoms with Gasteiger partial charge in [-0.1, -0.05) is 0 Å². The summed E-state index contributed by atoms with van der Waals surface area (Å²) in [6.45, 7) is 4.25. The summed E-state index contributed by atoms with van der Waals surface area (Å²) in [6.07, 6.45) is 4.33. The maximum atomic E-state index is 10.2. The Bertz CT molecular complexity index is 379. The minimum absolute atomic E-state index is 0.0404. The second kappa shape index (κ2) is 4.03. The van der Waals surface area contributed by atoms with Gasteiger partial charge in [0.25, 0.3) is 0 Å². The highest BCUT2D eigenvalue weighted by Gasteiger charge is 2.34. The Balaban J connectivity index is 2.11. The van der Waals surface area contributed by atoms with Gasteiger partial charge in [0.05, 0.1) is 12.3 Å². The number of pyridine rings is 1. The molecule has 1 saturated heterocycles. The van der Waals surface area contributed by atoms with Gasteiger partial charge in [-0.05, 0) is 32.8 Å². The second-order valence-corrected chi connectivity index (χ2v) is 5.09. The molecular weight excluding hydrogens is 204 g/mol. The molecule has 0 saturated carbocycles. The van der Waals surface area contributed by atoms with Crippen LogP contribution >= 0.6 is 0 Å². The van der Waals surface area contributed by atoms with Crippen LogP contribution in [0.2, 0.25) is 0 Å². The van der Waals surface area contributed by atoms with Crippen molar-refractivity contribution in [1.29, 1.82) is 0 Å². The fraction of sp³-hybridized carbons (Fsp3) is 0.583. The van der Waals surface area contributed by atoms with E-state index in [-0.39, 0.29) is 17.3 Å². The number of aliphatic hydroxyl groups is 1. The Kier molecular flexibility index (Phi) is 2.86. The van der Waals surface area contributed by atoms with Crippen LogP contribution in [0.15, 0.2) is 18.5 Å². The monoisotopic (exact) mass is 222 g/mol. The highest BCUT2D eigenvalue weighted by atomic mass is 16.3. The van der Waals surface area contributed by atoms with Crippen molar-refractivity contribution < 1.29 is 10.2 Å². The fourth-order valence-corrected chi connectivity index (χ4v) is 2.24. The molecular formula is C12H18N2O2. The van der Waals surface area contributed by atoms with E-state index in [2.05, 4.69) is 24.1 Å². The van der Waals surface area contributed by atoms with E-state index in [0.29, 0.717) is 5.56 Å². The lowest BCUT2D eigenvalue weighted by Gasteiger charge is -2.23. The summed E-state index contributed by atoms with van der Waals surface area (Å²) in [5.74, 6) is 0.0915. The predicted octanol–water partition coefficient (Wildman–Crippen LogP) is 1.35. The van der Waals surface area contributed by atoms with Crippen molar-refractivity contribution in [2.45, 2.75) is 44.4 Å². The SMILES string of the molecule is CC1(C)CC[C@H]([C@H](O)c2cncc(O)c2)N1. The van der Waals surface area contributed by atoms with Gasteiger partial charge in [-0.15, -0.1) is 0 Å². The molecule has 0 amide bonds. The molecule has 88 valence electrons. The van der Waals surface area contributed by atoms with Gasteiger partial charge in [0.1, 0.15) is 5.75 Å². The van der Waals surface area contributed by atoms with E-state index in [1.807, 2.05) is 0 Å². The zero-order valence-electron chi connectivity index (χ0n) is 9.64. The van der Waals surface area contributed by atoms with Gasteiger partial charge in [0.15, 0.2) is 0 Å². The topological polar surface area (TPSA) is 65.4 Å². The van der Waals surface area contributed by atoms with Crippen LogP contribution in [0.5, 0.6) is 5.75 Å². The summed E-state index contributed by atoms with van der Waals surface area (Å²) in [5.41, 5.74) is 0.741. The minimum atomic E-state index is -0.610. The van der Waals surface area contributed by atoms with Crippen LogP contribution in [0, 0.1) is 0 Å². The highest BCUT2D eigenvalue weighted by Crippen LogP contribution is 2.30.